The van der Waals surface area contributed by atoms with Crippen LogP contribution in [0.4, 0.5) is 5.69 Å². The number of rotatable bonds is 5. The molecule has 0 aromatic heterocycles. The van der Waals surface area contributed by atoms with Crippen LogP contribution in [0.15, 0.2) is 42.5 Å². The number of amides is 1. The molecule has 0 unspecified atom stereocenters. The summed E-state index contributed by atoms with van der Waals surface area (Å²) < 4.78 is 10.2. The topological polar surface area (TPSA) is 84.9 Å². The van der Waals surface area contributed by atoms with Gasteiger partial charge in [-0.25, -0.2) is 4.79 Å². The number of benzene rings is 2. The van der Waals surface area contributed by atoms with E-state index in [1.54, 1.807) is 24.3 Å². The lowest BCUT2D eigenvalue weighted by atomic mass is 10.1. The number of carbonyl (C=O) groups is 2. The zero-order valence-corrected chi connectivity index (χ0v) is 12.1. The molecule has 114 valence electrons. The zero-order chi connectivity index (χ0) is 16.1. The van der Waals surface area contributed by atoms with Crippen molar-refractivity contribution in [2.24, 2.45) is 0 Å². The van der Waals surface area contributed by atoms with Crippen LogP contribution in [0.25, 0.3) is 0 Å². The van der Waals surface area contributed by atoms with E-state index in [4.69, 9.17) is 14.6 Å². The van der Waals surface area contributed by atoms with Gasteiger partial charge in [0, 0.05) is 5.56 Å². The monoisotopic (exact) mass is 301 g/mol. The Morgan fingerprint density at radius 3 is 2.14 bits per heavy atom. The van der Waals surface area contributed by atoms with Gasteiger partial charge < -0.3 is 19.9 Å². The molecular formula is C16H15NO5. The van der Waals surface area contributed by atoms with Crippen LogP contribution in [-0.2, 0) is 0 Å². The third-order valence-corrected chi connectivity index (χ3v) is 3.05. The molecule has 0 saturated carbocycles. The van der Waals surface area contributed by atoms with Crippen molar-refractivity contribution in [3.8, 4) is 11.5 Å². The first-order valence-corrected chi connectivity index (χ1v) is 6.42. The van der Waals surface area contributed by atoms with E-state index in [1.165, 1.54) is 32.4 Å². The van der Waals surface area contributed by atoms with Crippen molar-refractivity contribution >= 4 is 17.6 Å². The number of carboxylic acid groups (broad SMARTS) is 1. The molecule has 6 heteroatoms. The Balaban J connectivity index is 2.26. The molecule has 2 aromatic carbocycles. The van der Waals surface area contributed by atoms with Crippen LogP contribution in [0, 0.1) is 0 Å². The van der Waals surface area contributed by atoms with Gasteiger partial charge in [0.25, 0.3) is 5.91 Å². The van der Waals surface area contributed by atoms with Crippen LogP contribution in [0.3, 0.4) is 0 Å². The third-order valence-electron chi connectivity index (χ3n) is 3.05. The average Bonchev–Trinajstić information content (AvgIpc) is 2.54. The molecule has 2 aromatic rings. The fraction of sp³-hybridized carbons (Fsp3) is 0.125. The molecule has 0 aliphatic heterocycles. The molecule has 0 bridgehead atoms. The van der Waals surface area contributed by atoms with Crippen LogP contribution in [0.5, 0.6) is 11.5 Å². The van der Waals surface area contributed by atoms with Gasteiger partial charge in [0.05, 0.1) is 25.5 Å². The second-order valence-corrected chi connectivity index (χ2v) is 4.40. The minimum atomic E-state index is -1.08. The van der Waals surface area contributed by atoms with Gasteiger partial charge in [0.1, 0.15) is 11.5 Å². The largest absolute Gasteiger partial charge is 0.497 e. The molecule has 0 heterocycles. The Kier molecular flexibility index (Phi) is 4.63. The highest BCUT2D eigenvalue weighted by molar-refractivity contribution is 6.05. The molecule has 1 amide bonds. The lowest BCUT2D eigenvalue weighted by Crippen LogP contribution is -2.13. The minimum absolute atomic E-state index is 0.0610. The summed E-state index contributed by atoms with van der Waals surface area (Å²) in [6, 6.07) is 10.8. The van der Waals surface area contributed by atoms with Gasteiger partial charge in [-0.1, -0.05) is 0 Å². The van der Waals surface area contributed by atoms with Gasteiger partial charge in [0.15, 0.2) is 0 Å². The second-order valence-electron chi connectivity index (χ2n) is 4.40. The summed E-state index contributed by atoms with van der Waals surface area (Å²) in [4.78, 5) is 23.2. The second kappa shape index (κ2) is 6.62. The molecule has 0 saturated heterocycles. The van der Waals surface area contributed by atoms with Gasteiger partial charge in [-0.3, -0.25) is 4.79 Å². The molecular weight excluding hydrogens is 286 g/mol. The van der Waals surface area contributed by atoms with E-state index in [2.05, 4.69) is 5.32 Å². The molecule has 2 N–H and O–H groups in total. The molecule has 0 spiro atoms. The predicted molar refractivity (Wildman–Crippen MR) is 80.9 cm³/mol. The Labute approximate surface area is 127 Å². The van der Waals surface area contributed by atoms with Crippen LogP contribution in [-0.4, -0.2) is 31.2 Å². The van der Waals surface area contributed by atoms with Crippen molar-refractivity contribution in [3.05, 3.63) is 53.6 Å². The van der Waals surface area contributed by atoms with Gasteiger partial charge >= 0.3 is 5.97 Å². The number of carboxylic acids is 1. The normalized spacial score (nSPS) is 9.91. The highest BCUT2D eigenvalue weighted by Gasteiger charge is 2.13. The highest BCUT2D eigenvalue weighted by atomic mass is 16.5. The number of anilines is 1. The maximum atomic E-state index is 12.2. The van der Waals surface area contributed by atoms with Crippen molar-refractivity contribution in [1.82, 2.24) is 0 Å². The molecule has 0 aliphatic carbocycles. The number of hydrogen-bond acceptors (Lipinski definition) is 4. The number of nitrogens with one attached hydrogen (secondary N) is 1. The van der Waals surface area contributed by atoms with E-state index in [0.717, 1.165) is 0 Å². The van der Waals surface area contributed by atoms with Crippen molar-refractivity contribution in [2.45, 2.75) is 0 Å². The molecule has 0 atom stereocenters. The highest BCUT2D eigenvalue weighted by Crippen LogP contribution is 2.26. The number of hydrogen-bond donors (Lipinski definition) is 2. The summed E-state index contributed by atoms with van der Waals surface area (Å²) in [5, 5.41) is 11.7. The number of aromatic carboxylic acids is 1. The minimum Gasteiger partial charge on any atom is -0.497 e. The van der Waals surface area contributed by atoms with Crippen molar-refractivity contribution < 1.29 is 24.2 Å². The molecule has 2 rings (SSSR count). The van der Waals surface area contributed by atoms with E-state index in [9.17, 15) is 9.59 Å². The molecule has 0 aliphatic rings. The summed E-state index contributed by atoms with van der Waals surface area (Å²) in [7, 11) is 2.98. The van der Waals surface area contributed by atoms with Gasteiger partial charge in [-0.2, -0.15) is 0 Å². The Bertz CT molecular complexity index is 694. The van der Waals surface area contributed by atoms with Crippen LogP contribution in [0.2, 0.25) is 0 Å². The molecule has 0 fully saturated rings. The standard InChI is InChI=1S/C16H15NO5/c1-21-12-6-3-10(4-7-12)15(18)17-13-9-11(16(19)20)5-8-14(13)22-2/h3-9H,1-2H3,(H,17,18)(H,19,20). The summed E-state index contributed by atoms with van der Waals surface area (Å²) in [5.41, 5.74) is 0.776. The Morgan fingerprint density at radius 2 is 1.59 bits per heavy atom. The van der Waals surface area contributed by atoms with E-state index >= 15 is 0 Å². The summed E-state index contributed by atoms with van der Waals surface area (Å²) in [6.07, 6.45) is 0. The van der Waals surface area contributed by atoms with E-state index in [0.29, 0.717) is 22.7 Å². The van der Waals surface area contributed by atoms with E-state index in [1.807, 2.05) is 0 Å². The predicted octanol–water partition coefficient (Wildman–Crippen LogP) is 2.65. The van der Waals surface area contributed by atoms with Crippen molar-refractivity contribution in [3.63, 3.8) is 0 Å². The van der Waals surface area contributed by atoms with Gasteiger partial charge in [0.2, 0.25) is 0 Å². The maximum Gasteiger partial charge on any atom is 0.335 e. The lowest BCUT2D eigenvalue weighted by molar-refractivity contribution is 0.0696. The third kappa shape index (κ3) is 3.35. The van der Waals surface area contributed by atoms with E-state index < -0.39 is 5.97 Å². The SMILES string of the molecule is COc1ccc(C(=O)Nc2cc(C(=O)O)ccc2OC)cc1. The summed E-state index contributed by atoms with van der Waals surface area (Å²) in [6.45, 7) is 0. The smallest absolute Gasteiger partial charge is 0.335 e. The quantitative estimate of drug-likeness (QED) is 0.887. The fourth-order valence-corrected chi connectivity index (χ4v) is 1.88. The zero-order valence-electron chi connectivity index (χ0n) is 12.1. The van der Waals surface area contributed by atoms with Crippen LogP contribution >= 0.6 is 0 Å². The van der Waals surface area contributed by atoms with E-state index in [-0.39, 0.29) is 11.5 Å². The van der Waals surface area contributed by atoms with Crippen molar-refractivity contribution in [2.75, 3.05) is 19.5 Å². The lowest BCUT2D eigenvalue weighted by Gasteiger charge is -2.11. The first-order valence-electron chi connectivity index (χ1n) is 6.42. The Hall–Kier alpha value is -3.02. The van der Waals surface area contributed by atoms with Gasteiger partial charge in [-0.15, -0.1) is 0 Å². The summed E-state index contributed by atoms with van der Waals surface area (Å²) >= 11 is 0. The Morgan fingerprint density at radius 1 is 0.955 bits per heavy atom. The molecule has 6 nitrogen and oxygen atoms in total. The number of carbonyl (C=O) groups excluding carboxylic acids is 1. The molecule has 0 radical (unpaired) electrons. The average molecular weight is 301 g/mol. The first-order chi connectivity index (χ1) is 10.5. The van der Waals surface area contributed by atoms with Crippen LogP contribution in [0.1, 0.15) is 20.7 Å². The molecule has 22 heavy (non-hydrogen) atoms. The van der Waals surface area contributed by atoms with Gasteiger partial charge in [-0.05, 0) is 42.5 Å². The first kappa shape index (κ1) is 15.4. The fourth-order valence-electron chi connectivity index (χ4n) is 1.88. The summed E-state index contributed by atoms with van der Waals surface area (Å²) in [5.74, 6) is -0.431. The van der Waals surface area contributed by atoms with Crippen molar-refractivity contribution in [1.29, 1.82) is 0 Å². The number of methoxy groups -OCH3 is 2. The maximum absolute atomic E-state index is 12.2. The van der Waals surface area contributed by atoms with Crippen LogP contribution < -0.4 is 14.8 Å². The number of ether oxygens (including phenoxy) is 2.